The molecule has 0 fully saturated rings. The first kappa shape index (κ1) is 17.1. The molecule has 0 atom stereocenters. The molecule has 0 saturated heterocycles. The fourth-order valence-corrected chi connectivity index (χ4v) is 4.31. The lowest BCUT2D eigenvalue weighted by Crippen LogP contribution is -2.37. The summed E-state index contributed by atoms with van der Waals surface area (Å²) in [6.45, 7) is 10.5. The Balaban J connectivity index is 2.33. The second-order valence-corrected chi connectivity index (χ2v) is 8.48. The Morgan fingerprint density at radius 2 is 1.82 bits per heavy atom. The summed E-state index contributed by atoms with van der Waals surface area (Å²) in [4.78, 5) is 0.325. The van der Waals surface area contributed by atoms with E-state index >= 15 is 0 Å². The highest BCUT2D eigenvalue weighted by Crippen LogP contribution is 2.31. The number of fused-ring (bicyclic) bond motifs is 1. The van der Waals surface area contributed by atoms with Gasteiger partial charge >= 0.3 is 0 Å². The van der Waals surface area contributed by atoms with Crippen molar-refractivity contribution in [2.75, 3.05) is 31.6 Å². The second-order valence-electron chi connectivity index (χ2n) is 6.54. The van der Waals surface area contributed by atoms with Crippen molar-refractivity contribution < 1.29 is 13.2 Å². The highest BCUT2D eigenvalue weighted by molar-refractivity contribution is 7.89. The zero-order valence-electron chi connectivity index (χ0n) is 13.8. The molecule has 1 aliphatic rings. The summed E-state index contributed by atoms with van der Waals surface area (Å²) in [6.07, 6.45) is 0. The van der Waals surface area contributed by atoms with Gasteiger partial charge in [0.1, 0.15) is 12.4 Å². The Bertz CT molecular complexity index is 602. The van der Waals surface area contributed by atoms with Crippen molar-refractivity contribution in [2.45, 2.75) is 32.6 Å². The molecule has 1 aromatic carbocycles. The molecule has 1 aliphatic heterocycles. The molecule has 0 bridgehead atoms. The van der Waals surface area contributed by atoms with E-state index in [1.54, 1.807) is 22.5 Å². The summed E-state index contributed by atoms with van der Waals surface area (Å²) in [5, 5.41) is 3.19. The minimum absolute atomic E-state index is 0.285. The summed E-state index contributed by atoms with van der Waals surface area (Å²) in [5.74, 6) is 1.28. The van der Waals surface area contributed by atoms with Gasteiger partial charge in [-0.25, -0.2) is 8.42 Å². The Morgan fingerprint density at radius 3 is 2.41 bits per heavy atom. The minimum Gasteiger partial charge on any atom is -0.490 e. The number of hydrogen-bond acceptors (Lipinski definition) is 4. The molecule has 22 heavy (non-hydrogen) atoms. The summed E-state index contributed by atoms with van der Waals surface area (Å²) < 4.78 is 33.0. The Labute approximate surface area is 133 Å². The summed E-state index contributed by atoms with van der Waals surface area (Å²) in [7, 11) is -3.49. The van der Waals surface area contributed by atoms with Gasteiger partial charge in [0, 0.05) is 19.6 Å². The largest absolute Gasteiger partial charge is 0.490 e. The molecule has 124 valence electrons. The zero-order valence-corrected chi connectivity index (χ0v) is 14.6. The van der Waals surface area contributed by atoms with Gasteiger partial charge in [-0.15, -0.1) is 0 Å². The van der Waals surface area contributed by atoms with Crippen LogP contribution in [0.25, 0.3) is 0 Å². The molecule has 0 aliphatic carbocycles. The quantitative estimate of drug-likeness (QED) is 0.873. The van der Waals surface area contributed by atoms with Crippen molar-refractivity contribution in [1.82, 2.24) is 4.31 Å². The van der Waals surface area contributed by atoms with Gasteiger partial charge in [-0.3, -0.25) is 0 Å². The SMILES string of the molecule is CC(C)CN(CC(C)C)S(=O)(=O)c1ccc2c(c1)NCCO2. The maximum absolute atomic E-state index is 12.9. The lowest BCUT2D eigenvalue weighted by molar-refractivity contribution is 0.322. The molecule has 1 heterocycles. The fraction of sp³-hybridized carbons (Fsp3) is 0.625. The monoisotopic (exact) mass is 326 g/mol. The summed E-state index contributed by atoms with van der Waals surface area (Å²) >= 11 is 0. The molecule has 0 unspecified atom stereocenters. The number of anilines is 1. The predicted molar refractivity (Wildman–Crippen MR) is 88.9 cm³/mol. The maximum atomic E-state index is 12.9. The van der Waals surface area contributed by atoms with Gasteiger partial charge in [-0.1, -0.05) is 27.7 Å². The van der Waals surface area contributed by atoms with Gasteiger partial charge in [0.2, 0.25) is 10.0 Å². The Morgan fingerprint density at radius 1 is 1.18 bits per heavy atom. The second kappa shape index (κ2) is 6.87. The molecule has 5 nitrogen and oxygen atoms in total. The predicted octanol–water partition coefficient (Wildman–Crippen LogP) is 2.79. The van der Waals surface area contributed by atoms with Gasteiger partial charge in [-0.2, -0.15) is 4.31 Å². The van der Waals surface area contributed by atoms with Crippen LogP contribution in [-0.2, 0) is 10.0 Å². The van der Waals surface area contributed by atoms with Crippen LogP contribution in [-0.4, -0.2) is 39.0 Å². The van der Waals surface area contributed by atoms with Gasteiger partial charge in [0.15, 0.2) is 0 Å². The van der Waals surface area contributed by atoms with E-state index < -0.39 is 10.0 Å². The van der Waals surface area contributed by atoms with Gasteiger partial charge < -0.3 is 10.1 Å². The van der Waals surface area contributed by atoms with Crippen molar-refractivity contribution >= 4 is 15.7 Å². The number of nitrogens with one attached hydrogen (secondary N) is 1. The Hall–Kier alpha value is -1.27. The van der Waals surface area contributed by atoms with Crippen LogP contribution in [0, 0.1) is 11.8 Å². The van der Waals surface area contributed by atoms with Crippen molar-refractivity contribution in [2.24, 2.45) is 11.8 Å². The summed E-state index contributed by atoms with van der Waals surface area (Å²) in [6, 6.07) is 5.05. The number of nitrogens with zero attached hydrogens (tertiary/aromatic N) is 1. The standard InChI is InChI=1S/C16H26N2O3S/c1-12(2)10-18(11-13(3)4)22(19,20)14-5-6-16-15(9-14)17-7-8-21-16/h5-6,9,12-13,17H,7-8,10-11H2,1-4H3. The third-order valence-electron chi connectivity index (χ3n) is 3.40. The topological polar surface area (TPSA) is 58.6 Å². The van der Waals surface area contributed by atoms with Crippen LogP contribution in [0.1, 0.15) is 27.7 Å². The Kier molecular flexibility index (Phi) is 5.34. The van der Waals surface area contributed by atoms with Crippen LogP contribution in [0.5, 0.6) is 5.75 Å². The number of rotatable bonds is 6. The van der Waals surface area contributed by atoms with E-state index in [9.17, 15) is 8.42 Å². The highest BCUT2D eigenvalue weighted by atomic mass is 32.2. The minimum atomic E-state index is -3.49. The molecule has 1 N–H and O–H groups in total. The number of hydrogen-bond donors (Lipinski definition) is 1. The van der Waals surface area contributed by atoms with E-state index in [4.69, 9.17) is 4.74 Å². The smallest absolute Gasteiger partial charge is 0.243 e. The van der Waals surface area contributed by atoms with Crippen LogP contribution < -0.4 is 10.1 Å². The van der Waals surface area contributed by atoms with Gasteiger partial charge in [0.25, 0.3) is 0 Å². The van der Waals surface area contributed by atoms with Gasteiger partial charge in [0.05, 0.1) is 10.6 Å². The fourth-order valence-electron chi connectivity index (χ4n) is 2.51. The highest BCUT2D eigenvalue weighted by Gasteiger charge is 2.27. The number of sulfonamides is 1. The average molecular weight is 326 g/mol. The molecule has 0 saturated carbocycles. The first-order valence-corrected chi connectivity index (χ1v) is 9.25. The molecular formula is C16H26N2O3S. The van der Waals surface area contributed by atoms with Crippen molar-refractivity contribution in [3.05, 3.63) is 18.2 Å². The zero-order chi connectivity index (χ0) is 16.3. The van der Waals surface area contributed by atoms with E-state index in [0.717, 1.165) is 5.69 Å². The molecule has 2 rings (SSSR count). The van der Waals surface area contributed by atoms with E-state index in [1.165, 1.54) is 0 Å². The molecule has 0 radical (unpaired) electrons. The van der Waals surface area contributed by atoms with E-state index in [-0.39, 0.29) is 11.8 Å². The molecular weight excluding hydrogens is 300 g/mol. The van der Waals surface area contributed by atoms with E-state index in [0.29, 0.717) is 36.9 Å². The third-order valence-corrected chi connectivity index (χ3v) is 5.23. The molecule has 0 aromatic heterocycles. The lowest BCUT2D eigenvalue weighted by Gasteiger charge is -2.26. The third kappa shape index (κ3) is 3.93. The maximum Gasteiger partial charge on any atom is 0.243 e. The van der Waals surface area contributed by atoms with Crippen LogP contribution in [0.2, 0.25) is 0 Å². The van der Waals surface area contributed by atoms with Crippen LogP contribution in [0.15, 0.2) is 23.1 Å². The molecule has 0 amide bonds. The first-order chi connectivity index (χ1) is 10.3. The van der Waals surface area contributed by atoms with Crippen LogP contribution >= 0.6 is 0 Å². The average Bonchev–Trinajstić information content (AvgIpc) is 2.45. The molecule has 0 spiro atoms. The van der Waals surface area contributed by atoms with Crippen LogP contribution in [0.4, 0.5) is 5.69 Å². The van der Waals surface area contributed by atoms with Gasteiger partial charge in [-0.05, 0) is 30.0 Å². The van der Waals surface area contributed by atoms with Crippen LogP contribution in [0.3, 0.4) is 0 Å². The molecule has 6 heteroatoms. The lowest BCUT2D eigenvalue weighted by atomic mass is 10.2. The van der Waals surface area contributed by atoms with Crippen molar-refractivity contribution in [1.29, 1.82) is 0 Å². The van der Waals surface area contributed by atoms with Crippen molar-refractivity contribution in [3.8, 4) is 5.75 Å². The number of ether oxygens (including phenoxy) is 1. The van der Waals surface area contributed by atoms with E-state index in [2.05, 4.69) is 5.32 Å². The van der Waals surface area contributed by atoms with Crippen molar-refractivity contribution in [3.63, 3.8) is 0 Å². The molecule has 1 aromatic rings. The van der Waals surface area contributed by atoms with E-state index in [1.807, 2.05) is 27.7 Å². The summed E-state index contributed by atoms with van der Waals surface area (Å²) in [5.41, 5.74) is 0.751. The normalized spacial score (nSPS) is 14.9. The first-order valence-electron chi connectivity index (χ1n) is 7.81. The number of benzene rings is 1.